The Balaban J connectivity index is 1.80. The van der Waals surface area contributed by atoms with Gasteiger partial charge in [-0.2, -0.15) is 0 Å². The molecule has 0 bridgehead atoms. The highest BCUT2D eigenvalue weighted by atomic mass is 32.1. The van der Waals surface area contributed by atoms with E-state index in [9.17, 15) is 9.59 Å². The zero-order valence-electron chi connectivity index (χ0n) is 13.8. The quantitative estimate of drug-likeness (QED) is 0.768. The average molecular weight is 347 g/mol. The van der Waals surface area contributed by atoms with Gasteiger partial charge in [-0.1, -0.05) is 6.92 Å². The average Bonchev–Trinajstić information content (AvgIpc) is 3.01. The lowest BCUT2D eigenvalue weighted by atomic mass is 10.2. The lowest BCUT2D eigenvalue weighted by Crippen LogP contribution is -2.37. The third-order valence-corrected chi connectivity index (χ3v) is 3.97. The number of nitrogens with zero attached hydrogens (tertiary/aromatic N) is 1. The molecule has 128 valence electrons. The number of carbonyl (C=O) groups is 2. The van der Waals surface area contributed by atoms with Crippen LogP contribution in [0.2, 0.25) is 0 Å². The number of benzene rings is 1. The number of rotatable bonds is 8. The van der Waals surface area contributed by atoms with Crippen LogP contribution in [0, 0.1) is 6.92 Å². The smallest absolute Gasteiger partial charge is 0.251 e. The molecular formula is C17H21N3O3S. The van der Waals surface area contributed by atoms with E-state index in [0.717, 1.165) is 17.1 Å². The van der Waals surface area contributed by atoms with Gasteiger partial charge < -0.3 is 15.4 Å². The van der Waals surface area contributed by atoms with Crippen molar-refractivity contribution >= 4 is 23.2 Å². The molecule has 0 aliphatic rings. The van der Waals surface area contributed by atoms with Gasteiger partial charge in [-0.3, -0.25) is 9.59 Å². The summed E-state index contributed by atoms with van der Waals surface area (Å²) in [6.45, 7) is 4.90. The molecule has 7 heteroatoms. The molecule has 0 saturated carbocycles. The zero-order chi connectivity index (χ0) is 17.4. The van der Waals surface area contributed by atoms with Gasteiger partial charge in [0, 0.05) is 17.5 Å². The maximum absolute atomic E-state index is 12.0. The van der Waals surface area contributed by atoms with Crippen molar-refractivity contribution in [2.45, 2.75) is 26.9 Å². The van der Waals surface area contributed by atoms with E-state index in [0.29, 0.717) is 24.5 Å². The Labute approximate surface area is 145 Å². The van der Waals surface area contributed by atoms with Crippen LogP contribution in [0.5, 0.6) is 5.75 Å². The van der Waals surface area contributed by atoms with Crippen LogP contribution in [0.25, 0.3) is 0 Å². The highest BCUT2D eigenvalue weighted by Crippen LogP contribution is 2.15. The molecule has 1 aromatic heterocycles. The van der Waals surface area contributed by atoms with Crippen molar-refractivity contribution in [3.63, 3.8) is 0 Å². The first-order chi connectivity index (χ1) is 11.6. The van der Waals surface area contributed by atoms with Gasteiger partial charge in [0.15, 0.2) is 0 Å². The number of aryl methyl sites for hydroxylation is 1. The van der Waals surface area contributed by atoms with Gasteiger partial charge in [-0.25, -0.2) is 4.98 Å². The van der Waals surface area contributed by atoms with E-state index >= 15 is 0 Å². The van der Waals surface area contributed by atoms with Gasteiger partial charge in [0.05, 0.1) is 17.2 Å². The normalized spacial score (nSPS) is 10.2. The van der Waals surface area contributed by atoms with E-state index in [1.807, 2.05) is 19.2 Å². The fourth-order valence-electron chi connectivity index (χ4n) is 1.92. The van der Waals surface area contributed by atoms with Crippen molar-refractivity contribution in [2.24, 2.45) is 0 Å². The summed E-state index contributed by atoms with van der Waals surface area (Å²) in [6, 6.07) is 6.79. The summed E-state index contributed by atoms with van der Waals surface area (Å²) >= 11 is 1.58. The Hall–Kier alpha value is -2.41. The number of thiazole rings is 1. The van der Waals surface area contributed by atoms with E-state index in [1.54, 1.807) is 35.6 Å². The number of hydrogen-bond acceptors (Lipinski definition) is 5. The number of aromatic nitrogens is 1. The zero-order valence-corrected chi connectivity index (χ0v) is 14.6. The molecule has 1 aromatic carbocycles. The molecule has 6 nitrogen and oxygen atoms in total. The number of ether oxygens (including phenoxy) is 1. The number of carbonyl (C=O) groups excluding carboxylic acids is 2. The van der Waals surface area contributed by atoms with Crippen LogP contribution >= 0.6 is 11.3 Å². The molecule has 0 unspecified atom stereocenters. The molecule has 2 N–H and O–H groups in total. The summed E-state index contributed by atoms with van der Waals surface area (Å²) in [5, 5.41) is 8.25. The van der Waals surface area contributed by atoms with Crippen LogP contribution < -0.4 is 15.4 Å². The molecule has 0 fully saturated rings. The second-order valence-electron chi connectivity index (χ2n) is 5.20. The first kappa shape index (κ1) is 17.9. The molecule has 2 aromatic rings. The maximum Gasteiger partial charge on any atom is 0.251 e. The van der Waals surface area contributed by atoms with Gasteiger partial charge >= 0.3 is 0 Å². The van der Waals surface area contributed by atoms with E-state index in [2.05, 4.69) is 15.6 Å². The Morgan fingerprint density at radius 3 is 2.58 bits per heavy atom. The van der Waals surface area contributed by atoms with Crippen molar-refractivity contribution < 1.29 is 14.3 Å². The van der Waals surface area contributed by atoms with Crippen LogP contribution in [0.1, 0.15) is 34.4 Å². The highest BCUT2D eigenvalue weighted by Gasteiger charge is 2.08. The third kappa shape index (κ3) is 5.66. The van der Waals surface area contributed by atoms with Crippen LogP contribution in [-0.2, 0) is 11.4 Å². The topological polar surface area (TPSA) is 80.3 Å². The van der Waals surface area contributed by atoms with Crippen LogP contribution in [-0.4, -0.2) is 29.9 Å². The molecule has 0 aliphatic heterocycles. The monoisotopic (exact) mass is 347 g/mol. The molecule has 0 spiro atoms. The van der Waals surface area contributed by atoms with Crippen LogP contribution in [0.15, 0.2) is 29.6 Å². The van der Waals surface area contributed by atoms with Gasteiger partial charge in [0.1, 0.15) is 12.4 Å². The van der Waals surface area contributed by atoms with Crippen molar-refractivity contribution in [1.29, 1.82) is 0 Å². The summed E-state index contributed by atoms with van der Waals surface area (Å²) in [6.07, 6.45) is 0.863. The number of nitrogens with one attached hydrogen (secondary N) is 2. The second kappa shape index (κ2) is 9.02. The third-order valence-electron chi connectivity index (χ3n) is 3.15. The van der Waals surface area contributed by atoms with Gasteiger partial charge in [-0.15, -0.1) is 11.3 Å². The first-order valence-electron chi connectivity index (χ1n) is 7.77. The Morgan fingerprint density at radius 1 is 1.21 bits per heavy atom. The van der Waals surface area contributed by atoms with E-state index < -0.39 is 0 Å². The minimum atomic E-state index is -0.289. The SMILES string of the molecule is CCCNC(=O)CNC(=O)c1ccc(OCc2csc(C)n2)cc1. The Bertz CT molecular complexity index is 683. The lowest BCUT2D eigenvalue weighted by Gasteiger charge is -2.07. The van der Waals surface area contributed by atoms with E-state index in [1.165, 1.54) is 0 Å². The molecular weight excluding hydrogens is 326 g/mol. The minimum absolute atomic E-state index is 0.0275. The summed E-state index contributed by atoms with van der Waals surface area (Å²) in [4.78, 5) is 27.8. The van der Waals surface area contributed by atoms with Gasteiger partial charge in [-0.05, 0) is 37.6 Å². The summed E-state index contributed by atoms with van der Waals surface area (Å²) in [7, 11) is 0. The summed E-state index contributed by atoms with van der Waals surface area (Å²) in [5.74, 6) is 0.185. The predicted octanol–water partition coefficient (Wildman–Crippen LogP) is 2.29. The van der Waals surface area contributed by atoms with E-state index in [4.69, 9.17) is 4.74 Å². The molecule has 24 heavy (non-hydrogen) atoms. The molecule has 2 rings (SSSR count). The number of amides is 2. The molecule has 0 aliphatic carbocycles. The van der Waals surface area contributed by atoms with Crippen LogP contribution in [0.4, 0.5) is 0 Å². The van der Waals surface area contributed by atoms with Crippen LogP contribution in [0.3, 0.4) is 0 Å². The molecule has 0 radical (unpaired) electrons. The molecule has 1 heterocycles. The summed E-state index contributed by atoms with van der Waals surface area (Å²) < 4.78 is 5.63. The van der Waals surface area contributed by atoms with Crippen molar-refractivity contribution in [2.75, 3.05) is 13.1 Å². The summed E-state index contributed by atoms with van der Waals surface area (Å²) in [5.41, 5.74) is 1.37. The van der Waals surface area contributed by atoms with Crippen molar-refractivity contribution in [3.05, 3.63) is 45.9 Å². The first-order valence-corrected chi connectivity index (χ1v) is 8.65. The van der Waals surface area contributed by atoms with Crippen molar-refractivity contribution in [3.8, 4) is 5.75 Å². The Morgan fingerprint density at radius 2 is 1.96 bits per heavy atom. The fourth-order valence-corrected chi connectivity index (χ4v) is 2.52. The number of hydrogen-bond donors (Lipinski definition) is 2. The van der Waals surface area contributed by atoms with Crippen molar-refractivity contribution in [1.82, 2.24) is 15.6 Å². The highest BCUT2D eigenvalue weighted by molar-refractivity contribution is 7.09. The largest absolute Gasteiger partial charge is 0.487 e. The molecule has 0 saturated heterocycles. The predicted molar refractivity (Wildman–Crippen MR) is 93.3 cm³/mol. The minimum Gasteiger partial charge on any atom is -0.487 e. The lowest BCUT2D eigenvalue weighted by molar-refractivity contribution is -0.120. The second-order valence-corrected chi connectivity index (χ2v) is 6.27. The van der Waals surface area contributed by atoms with Gasteiger partial charge in [0.25, 0.3) is 5.91 Å². The molecule has 2 amide bonds. The molecule has 0 atom stereocenters. The standard InChI is InChI=1S/C17H21N3O3S/c1-3-8-18-16(21)9-19-17(22)13-4-6-15(7-5-13)23-10-14-11-24-12(2)20-14/h4-7,11H,3,8-10H2,1-2H3,(H,18,21)(H,19,22). The van der Waals surface area contributed by atoms with E-state index in [-0.39, 0.29) is 18.4 Å². The fraction of sp³-hybridized carbons (Fsp3) is 0.353. The maximum atomic E-state index is 12.0. The Kier molecular flexibility index (Phi) is 6.74. The van der Waals surface area contributed by atoms with Gasteiger partial charge in [0.2, 0.25) is 5.91 Å².